The van der Waals surface area contributed by atoms with Crippen molar-refractivity contribution in [2.45, 2.75) is 37.8 Å². The number of nitrogens with two attached hydrogens (primary N) is 1. The largest absolute Gasteiger partial charge is 0.490 e. The molecule has 0 heterocycles. The fourth-order valence-corrected chi connectivity index (χ4v) is 1.98. The molecule has 2 rings (SSSR count). The first kappa shape index (κ1) is 9.53. The zero-order valence-corrected chi connectivity index (χ0v) is 8.36. The second-order valence-electron chi connectivity index (χ2n) is 3.98. The highest BCUT2D eigenvalue weighted by Gasteiger charge is 2.20. The number of hydrogen-bond acceptors (Lipinski definition) is 2. The van der Waals surface area contributed by atoms with Crippen LogP contribution in [0.15, 0.2) is 30.3 Å². The van der Waals surface area contributed by atoms with Crippen LogP contribution in [-0.4, -0.2) is 12.1 Å². The van der Waals surface area contributed by atoms with Gasteiger partial charge in [0.25, 0.3) is 0 Å². The lowest BCUT2D eigenvalue weighted by Gasteiger charge is -2.27. The number of rotatable bonds is 2. The van der Waals surface area contributed by atoms with E-state index in [1.165, 1.54) is 6.42 Å². The summed E-state index contributed by atoms with van der Waals surface area (Å²) in [4.78, 5) is 0. The van der Waals surface area contributed by atoms with E-state index in [-0.39, 0.29) is 0 Å². The average Bonchev–Trinajstić information content (AvgIpc) is 2.19. The molecule has 0 aromatic heterocycles. The molecular weight excluding hydrogens is 174 g/mol. The van der Waals surface area contributed by atoms with Gasteiger partial charge in [0.05, 0.1) is 0 Å². The quantitative estimate of drug-likeness (QED) is 0.778. The highest BCUT2D eigenvalue weighted by Crippen LogP contribution is 2.22. The monoisotopic (exact) mass is 191 g/mol. The minimum atomic E-state index is 0.321. The number of para-hydroxylation sites is 1. The molecule has 2 nitrogen and oxygen atoms in total. The Morgan fingerprint density at radius 3 is 2.64 bits per heavy atom. The molecule has 1 aromatic carbocycles. The van der Waals surface area contributed by atoms with Crippen LogP contribution in [0, 0.1) is 0 Å². The van der Waals surface area contributed by atoms with Gasteiger partial charge in [-0.1, -0.05) is 18.2 Å². The van der Waals surface area contributed by atoms with Crippen molar-refractivity contribution in [2.24, 2.45) is 5.73 Å². The summed E-state index contributed by atoms with van der Waals surface area (Å²) in [5, 5.41) is 0. The lowest BCUT2D eigenvalue weighted by Crippen LogP contribution is -2.33. The molecule has 1 aromatic rings. The van der Waals surface area contributed by atoms with Gasteiger partial charge in [-0.3, -0.25) is 0 Å². The molecule has 2 atom stereocenters. The molecular formula is C12H17NO. The van der Waals surface area contributed by atoms with Crippen LogP contribution in [0.1, 0.15) is 25.7 Å². The fraction of sp³-hybridized carbons (Fsp3) is 0.500. The van der Waals surface area contributed by atoms with E-state index in [0.29, 0.717) is 12.1 Å². The Kier molecular flexibility index (Phi) is 3.04. The number of hydrogen-bond donors (Lipinski definition) is 1. The molecule has 76 valence electrons. The molecule has 14 heavy (non-hydrogen) atoms. The van der Waals surface area contributed by atoms with Crippen LogP contribution in [0.5, 0.6) is 5.75 Å². The van der Waals surface area contributed by atoms with Crippen molar-refractivity contribution in [2.75, 3.05) is 0 Å². The predicted octanol–water partition coefficient (Wildman–Crippen LogP) is 2.34. The van der Waals surface area contributed by atoms with Gasteiger partial charge >= 0.3 is 0 Å². The van der Waals surface area contributed by atoms with Crippen molar-refractivity contribution >= 4 is 0 Å². The third-order valence-corrected chi connectivity index (χ3v) is 2.71. The van der Waals surface area contributed by atoms with E-state index in [1.807, 2.05) is 30.3 Å². The Bertz CT molecular complexity index is 273. The average molecular weight is 191 g/mol. The highest BCUT2D eigenvalue weighted by atomic mass is 16.5. The Morgan fingerprint density at radius 2 is 1.93 bits per heavy atom. The van der Waals surface area contributed by atoms with E-state index >= 15 is 0 Å². The van der Waals surface area contributed by atoms with Crippen molar-refractivity contribution in [3.05, 3.63) is 30.3 Å². The first-order chi connectivity index (χ1) is 6.84. The maximum absolute atomic E-state index is 5.90. The first-order valence-electron chi connectivity index (χ1n) is 5.32. The Balaban J connectivity index is 1.91. The summed E-state index contributed by atoms with van der Waals surface area (Å²) in [5.41, 5.74) is 5.90. The Morgan fingerprint density at radius 1 is 1.14 bits per heavy atom. The molecule has 0 aliphatic heterocycles. The lowest BCUT2D eigenvalue weighted by atomic mass is 9.93. The highest BCUT2D eigenvalue weighted by molar-refractivity contribution is 5.21. The molecule has 2 unspecified atom stereocenters. The molecule has 0 radical (unpaired) electrons. The van der Waals surface area contributed by atoms with Crippen LogP contribution < -0.4 is 10.5 Å². The van der Waals surface area contributed by atoms with E-state index in [4.69, 9.17) is 10.5 Å². The zero-order valence-electron chi connectivity index (χ0n) is 8.36. The lowest BCUT2D eigenvalue weighted by molar-refractivity contribution is 0.144. The van der Waals surface area contributed by atoms with Crippen LogP contribution in [0.2, 0.25) is 0 Å². The van der Waals surface area contributed by atoms with Crippen molar-refractivity contribution < 1.29 is 4.74 Å². The van der Waals surface area contributed by atoms with Crippen molar-refractivity contribution in [1.82, 2.24) is 0 Å². The second kappa shape index (κ2) is 4.47. The molecule has 0 saturated heterocycles. The van der Waals surface area contributed by atoms with E-state index in [1.54, 1.807) is 0 Å². The summed E-state index contributed by atoms with van der Waals surface area (Å²) < 4.78 is 5.85. The predicted molar refractivity (Wildman–Crippen MR) is 57.3 cm³/mol. The van der Waals surface area contributed by atoms with Gasteiger partial charge in [-0.15, -0.1) is 0 Å². The normalized spacial score (nSPS) is 27.2. The van der Waals surface area contributed by atoms with Crippen molar-refractivity contribution in [3.63, 3.8) is 0 Å². The molecule has 0 spiro atoms. The van der Waals surface area contributed by atoms with Crippen LogP contribution >= 0.6 is 0 Å². The minimum Gasteiger partial charge on any atom is -0.490 e. The van der Waals surface area contributed by atoms with Gasteiger partial charge < -0.3 is 10.5 Å². The summed E-state index contributed by atoms with van der Waals surface area (Å²) in [5.74, 6) is 0.964. The first-order valence-corrected chi connectivity index (χ1v) is 5.32. The molecule has 0 amide bonds. The summed E-state index contributed by atoms with van der Waals surface area (Å²) in [7, 11) is 0. The topological polar surface area (TPSA) is 35.2 Å². The zero-order chi connectivity index (χ0) is 9.80. The SMILES string of the molecule is NC1CCCC(Oc2ccccc2)C1. The molecule has 1 saturated carbocycles. The standard InChI is InChI=1S/C12H17NO/c13-10-5-4-8-12(9-10)14-11-6-2-1-3-7-11/h1-3,6-7,10,12H,4-5,8-9,13H2. The summed E-state index contributed by atoms with van der Waals surface area (Å²) >= 11 is 0. The summed E-state index contributed by atoms with van der Waals surface area (Å²) in [6, 6.07) is 10.3. The van der Waals surface area contributed by atoms with Crippen LogP contribution in [0.3, 0.4) is 0 Å². The Labute approximate surface area is 85.1 Å². The van der Waals surface area contributed by atoms with Crippen molar-refractivity contribution in [1.29, 1.82) is 0 Å². The molecule has 2 N–H and O–H groups in total. The van der Waals surface area contributed by atoms with E-state index in [0.717, 1.165) is 25.0 Å². The summed E-state index contributed by atoms with van der Waals surface area (Å²) in [6.45, 7) is 0. The summed E-state index contributed by atoms with van der Waals surface area (Å²) in [6.07, 6.45) is 4.80. The number of benzene rings is 1. The maximum Gasteiger partial charge on any atom is 0.119 e. The van der Waals surface area contributed by atoms with Crippen LogP contribution in [0.25, 0.3) is 0 Å². The molecule has 1 fully saturated rings. The minimum absolute atomic E-state index is 0.321. The van der Waals surface area contributed by atoms with Crippen LogP contribution in [0.4, 0.5) is 0 Å². The van der Waals surface area contributed by atoms with Crippen LogP contribution in [-0.2, 0) is 0 Å². The van der Waals surface area contributed by atoms with Gasteiger partial charge in [-0.2, -0.15) is 0 Å². The van der Waals surface area contributed by atoms with Gasteiger partial charge in [-0.25, -0.2) is 0 Å². The van der Waals surface area contributed by atoms with Gasteiger partial charge in [-0.05, 0) is 37.8 Å². The molecule has 0 bridgehead atoms. The van der Waals surface area contributed by atoms with E-state index in [9.17, 15) is 0 Å². The third-order valence-electron chi connectivity index (χ3n) is 2.71. The maximum atomic E-state index is 5.90. The third kappa shape index (κ3) is 2.48. The Hall–Kier alpha value is -1.02. The number of ether oxygens (including phenoxy) is 1. The van der Waals surface area contributed by atoms with E-state index in [2.05, 4.69) is 0 Å². The van der Waals surface area contributed by atoms with Crippen molar-refractivity contribution in [3.8, 4) is 5.75 Å². The molecule has 2 heteroatoms. The van der Waals surface area contributed by atoms with Gasteiger partial charge in [0, 0.05) is 6.04 Å². The second-order valence-corrected chi connectivity index (χ2v) is 3.98. The van der Waals surface area contributed by atoms with E-state index < -0.39 is 0 Å². The fourth-order valence-electron chi connectivity index (χ4n) is 1.98. The van der Waals surface area contributed by atoms with Gasteiger partial charge in [0.15, 0.2) is 0 Å². The van der Waals surface area contributed by atoms with Gasteiger partial charge in [0.2, 0.25) is 0 Å². The molecule has 1 aliphatic rings. The molecule has 1 aliphatic carbocycles. The van der Waals surface area contributed by atoms with Gasteiger partial charge in [0.1, 0.15) is 11.9 Å². The smallest absolute Gasteiger partial charge is 0.119 e.